The first-order chi connectivity index (χ1) is 20.0. The number of hydrogen-bond acceptors (Lipinski definition) is 7. The fourth-order valence-electron chi connectivity index (χ4n) is 5.50. The van der Waals surface area contributed by atoms with Crippen LogP contribution < -0.4 is 10.6 Å². The van der Waals surface area contributed by atoms with E-state index in [9.17, 15) is 9.18 Å². The Morgan fingerprint density at radius 2 is 1.80 bits per heavy atom. The quantitative estimate of drug-likeness (QED) is 0.252. The summed E-state index contributed by atoms with van der Waals surface area (Å²) in [6.45, 7) is 0.278. The summed E-state index contributed by atoms with van der Waals surface area (Å²) >= 11 is 0. The summed E-state index contributed by atoms with van der Waals surface area (Å²) in [6, 6.07) is 9.63. The zero-order valence-electron chi connectivity index (χ0n) is 21.8. The van der Waals surface area contributed by atoms with Crippen molar-refractivity contribution >= 4 is 34.2 Å². The van der Waals surface area contributed by atoms with Gasteiger partial charge in [-0.15, -0.1) is 0 Å². The highest BCUT2D eigenvalue weighted by Crippen LogP contribution is 2.34. The summed E-state index contributed by atoms with van der Waals surface area (Å²) < 4.78 is 29.6. The van der Waals surface area contributed by atoms with E-state index in [4.69, 9.17) is 0 Å². The van der Waals surface area contributed by atoms with Gasteiger partial charge < -0.3 is 10.6 Å². The summed E-state index contributed by atoms with van der Waals surface area (Å²) in [5.41, 5.74) is 4.83. The Morgan fingerprint density at radius 1 is 0.976 bits per heavy atom. The fourth-order valence-corrected chi connectivity index (χ4v) is 5.50. The maximum atomic E-state index is 16.1. The lowest BCUT2D eigenvalue weighted by atomic mass is 10.0. The van der Waals surface area contributed by atoms with Crippen molar-refractivity contribution in [2.24, 2.45) is 10.9 Å². The smallest absolute Gasteiger partial charge is 0.227 e. The summed E-state index contributed by atoms with van der Waals surface area (Å²) in [6.07, 6.45) is 10.0. The third-order valence-corrected chi connectivity index (χ3v) is 7.62. The molecule has 7 rings (SSSR count). The number of fused-ring (bicyclic) bond motifs is 2. The van der Waals surface area contributed by atoms with Gasteiger partial charge in [-0.05, 0) is 49.2 Å². The van der Waals surface area contributed by atoms with E-state index in [-0.39, 0.29) is 40.8 Å². The van der Waals surface area contributed by atoms with Gasteiger partial charge in [-0.1, -0.05) is 12.8 Å². The number of nitrogens with zero attached hydrogens (tertiary/aromatic N) is 5. The Bertz CT molecular complexity index is 1830. The molecule has 0 saturated heterocycles. The number of halogens is 2. The number of aromatic amines is 1. The molecule has 1 saturated carbocycles. The molecule has 3 N–H and O–H groups in total. The van der Waals surface area contributed by atoms with Gasteiger partial charge in [0, 0.05) is 52.4 Å². The Labute approximate surface area is 233 Å². The molecule has 41 heavy (non-hydrogen) atoms. The van der Waals surface area contributed by atoms with Gasteiger partial charge in [0.05, 0.1) is 29.5 Å². The molecule has 1 aliphatic carbocycles. The van der Waals surface area contributed by atoms with E-state index in [0.29, 0.717) is 28.5 Å². The van der Waals surface area contributed by atoms with Gasteiger partial charge in [-0.2, -0.15) is 5.10 Å². The highest BCUT2D eigenvalue weighted by molar-refractivity contribution is 6.15. The molecule has 1 aliphatic heterocycles. The van der Waals surface area contributed by atoms with Crippen LogP contribution in [0.15, 0.2) is 66.2 Å². The Kier molecular flexibility index (Phi) is 6.18. The van der Waals surface area contributed by atoms with Crippen LogP contribution in [0.5, 0.6) is 0 Å². The second-order valence-electron chi connectivity index (χ2n) is 10.2. The number of H-pyrrole nitrogens is 1. The number of aliphatic imine (C=N–C) groups is 1. The molecule has 0 spiro atoms. The molecule has 0 atom stereocenters. The van der Waals surface area contributed by atoms with Gasteiger partial charge in [0.1, 0.15) is 17.3 Å². The van der Waals surface area contributed by atoms with E-state index >= 15 is 4.39 Å². The second-order valence-corrected chi connectivity index (χ2v) is 10.2. The second kappa shape index (κ2) is 10.2. The van der Waals surface area contributed by atoms with E-state index in [2.05, 4.69) is 40.8 Å². The van der Waals surface area contributed by atoms with Crippen LogP contribution >= 0.6 is 0 Å². The minimum atomic E-state index is -0.531. The van der Waals surface area contributed by atoms with Crippen molar-refractivity contribution in [3.05, 3.63) is 84.1 Å². The predicted molar refractivity (Wildman–Crippen MR) is 151 cm³/mol. The van der Waals surface area contributed by atoms with Crippen LogP contribution in [0, 0.1) is 17.6 Å². The molecule has 0 unspecified atom stereocenters. The number of amides is 1. The average molecular weight is 551 g/mol. The number of nitrogens with one attached hydrogen (secondary N) is 3. The molecule has 1 fully saturated rings. The van der Waals surface area contributed by atoms with Crippen molar-refractivity contribution in [2.45, 2.75) is 32.2 Å². The van der Waals surface area contributed by atoms with Crippen LogP contribution in [0.2, 0.25) is 0 Å². The van der Waals surface area contributed by atoms with E-state index in [1.807, 2.05) is 6.07 Å². The van der Waals surface area contributed by atoms with Crippen LogP contribution in [0.1, 0.15) is 36.9 Å². The number of pyridine rings is 3. The van der Waals surface area contributed by atoms with Crippen LogP contribution in [0.3, 0.4) is 0 Å². The van der Waals surface area contributed by atoms with E-state index in [0.717, 1.165) is 42.5 Å². The first-order valence-electron chi connectivity index (χ1n) is 13.4. The largest absolute Gasteiger partial charge is 0.338 e. The highest BCUT2D eigenvalue weighted by atomic mass is 19.1. The molecular weight excluding hydrogens is 526 g/mol. The molecule has 5 heterocycles. The molecular formula is C30H24F2N8O. The molecule has 5 aromatic rings. The maximum Gasteiger partial charge on any atom is 0.227 e. The number of carbonyl (C=O) groups excluding carboxylic acids is 1. The van der Waals surface area contributed by atoms with E-state index < -0.39 is 5.82 Å². The number of benzene rings is 1. The van der Waals surface area contributed by atoms with E-state index in [1.54, 1.807) is 30.6 Å². The van der Waals surface area contributed by atoms with Crippen LogP contribution in [0.25, 0.3) is 33.4 Å². The zero-order valence-corrected chi connectivity index (χ0v) is 21.8. The van der Waals surface area contributed by atoms with Gasteiger partial charge in [0.15, 0.2) is 11.5 Å². The maximum absolute atomic E-state index is 16.1. The lowest BCUT2D eigenvalue weighted by molar-refractivity contribution is -0.119. The molecule has 0 radical (unpaired) electrons. The molecule has 9 nitrogen and oxygen atoms in total. The summed E-state index contributed by atoms with van der Waals surface area (Å²) in [5.74, 6) is -0.485. The van der Waals surface area contributed by atoms with Crippen LogP contribution in [-0.4, -0.2) is 36.9 Å². The Hall–Kier alpha value is -5.06. The third kappa shape index (κ3) is 4.58. The van der Waals surface area contributed by atoms with Crippen molar-refractivity contribution in [1.82, 2.24) is 25.1 Å². The van der Waals surface area contributed by atoms with Gasteiger partial charge in [-0.25, -0.2) is 13.8 Å². The topological polar surface area (TPSA) is 121 Å². The van der Waals surface area contributed by atoms with Crippen molar-refractivity contribution in [1.29, 1.82) is 0 Å². The predicted octanol–water partition coefficient (Wildman–Crippen LogP) is 5.86. The third-order valence-electron chi connectivity index (χ3n) is 7.62. The zero-order chi connectivity index (χ0) is 27.9. The summed E-state index contributed by atoms with van der Waals surface area (Å²) in [4.78, 5) is 30.4. The number of carbonyl (C=O) groups is 1. The molecule has 1 amide bonds. The minimum Gasteiger partial charge on any atom is -0.338 e. The van der Waals surface area contributed by atoms with Gasteiger partial charge >= 0.3 is 0 Å². The lowest BCUT2D eigenvalue weighted by Crippen LogP contribution is -2.21. The first kappa shape index (κ1) is 24.9. The Balaban J connectivity index is 1.21. The number of rotatable bonds is 5. The van der Waals surface area contributed by atoms with Gasteiger partial charge in [-0.3, -0.25) is 24.9 Å². The summed E-state index contributed by atoms with van der Waals surface area (Å²) in [5, 5.41) is 13.5. The van der Waals surface area contributed by atoms with Crippen molar-refractivity contribution in [3.8, 4) is 22.4 Å². The number of amidine groups is 1. The number of anilines is 2. The number of aromatic nitrogens is 5. The molecule has 0 bridgehead atoms. The standard InChI is InChI=1S/C30H24F2N8O/c31-19-7-5-16(6-8-19)26-22-15-36-29(38-23(22)9-10-34-26)27-24-25(32)21(14-35-28(24)40-39-27)18-11-20(13-33-12-18)37-30(41)17-3-1-2-4-17/h5-14,17H,1-4,15H2,(H,36,38)(H,37,41)(H,35,39,40). The normalized spacial score (nSPS) is 14.9. The van der Waals surface area contributed by atoms with Crippen LogP contribution in [0.4, 0.5) is 20.2 Å². The summed E-state index contributed by atoms with van der Waals surface area (Å²) in [7, 11) is 0. The molecule has 204 valence electrons. The average Bonchev–Trinajstić information content (AvgIpc) is 3.69. The molecule has 2 aliphatic rings. The molecule has 11 heteroatoms. The van der Waals surface area contributed by atoms with Gasteiger partial charge in [0.2, 0.25) is 5.91 Å². The van der Waals surface area contributed by atoms with Gasteiger partial charge in [0.25, 0.3) is 0 Å². The fraction of sp³-hybridized carbons (Fsp3) is 0.200. The first-order valence-corrected chi connectivity index (χ1v) is 13.4. The SMILES string of the molecule is O=C(Nc1cncc(-c2cnc3n[nH]c(C4=NCc5c(ccnc5-c5ccc(F)cc5)N4)c3c2F)c1)C1CCCC1. The van der Waals surface area contributed by atoms with E-state index in [1.165, 1.54) is 24.5 Å². The van der Waals surface area contributed by atoms with Crippen molar-refractivity contribution in [2.75, 3.05) is 10.6 Å². The lowest BCUT2D eigenvalue weighted by Gasteiger charge is -2.20. The monoisotopic (exact) mass is 550 g/mol. The van der Waals surface area contributed by atoms with Crippen LogP contribution in [-0.2, 0) is 11.3 Å². The van der Waals surface area contributed by atoms with Crippen molar-refractivity contribution < 1.29 is 13.6 Å². The highest BCUT2D eigenvalue weighted by Gasteiger charge is 2.25. The number of hydrogen-bond donors (Lipinski definition) is 3. The Morgan fingerprint density at radius 3 is 2.63 bits per heavy atom. The minimum absolute atomic E-state index is 0.00153. The molecule has 4 aromatic heterocycles. The molecule has 1 aromatic carbocycles. The van der Waals surface area contributed by atoms with Crippen molar-refractivity contribution in [3.63, 3.8) is 0 Å².